The van der Waals surface area contributed by atoms with Crippen LogP contribution in [0.1, 0.15) is 28.0 Å². The van der Waals surface area contributed by atoms with Crippen LogP contribution in [0.2, 0.25) is 0 Å². The number of rotatable bonds is 2. The zero-order valence-electron chi connectivity index (χ0n) is 11.1. The summed E-state index contributed by atoms with van der Waals surface area (Å²) in [4.78, 5) is 25.6. The monoisotopic (exact) mass is 351 g/mol. The molecule has 0 aliphatic heterocycles. The Kier molecular flexibility index (Phi) is 3.36. The summed E-state index contributed by atoms with van der Waals surface area (Å²) in [5.41, 5.74) is 8.68. The minimum atomic E-state index is -1.02. The van der Waals surface area contributed by atoms with Crippen LogP contribution in [0.4, 0.5) is 4.79 Å². The van der Waals surface area contributed by atoms with Crippen LogP contribution in [0.5, 0.6) is 0 Å². The Morgan fingerprint density at radius 2 is 2.19 bits per heavy atom. The molecular weight excluding hydrogens is 338 g/mol. The average Bonchev–Trinajstić information content (AvgIpc) is 2.76. The van der Waals surface area contributed by atoms with Gasteiger partial charge in [0.1, 0.15) is 0 Å². The van der Waals surface area contributed by atoms with Gasteiger partial charge < -0.3 is 21.1 Å². The van der Waals surface area contributed by atoms with E-state index in [1.165, 1.54) is 0 Å². The molecule has 0 fully saturated rings. The van der Waals surface area contributed by atoms with Crippen molar-refractivity contribution in [1.82, 2.24) is 10.3 Å². The minimum absolute atomic E-state index is 0.112. The first-order valence-electron chi connectivity index (χ1n) is 6.58. The third-order valence-corrected chi connectivity index (χ3v) is 4.54. The van der Waals surface area contributed by atoms with Crippen molar-refractivity contribution in [3.8, 4) is 0 Å². The fraction of sp³-hybridized carbons (Fsp3) is 0.286. The number of amides is 2. The Balaban J connectivity index is 2.10. The van der Waals surface area contributed by atoms with Crippen molar-refractivity contribution in [2.45, 2.75) is 25.3 Å². The Bertz CT molecular complexity index is 753. The Morgan fingerprint density at radius 3 is 2.86 bits per heavy atom. The lowest BCUT2D eigenvalue weighted by molar-refractivity contribution is 0.100. The normalized spacial score (nSPS) is 17.5. The van der Waals surface area contributed by atoms with E-state index in [4.69, 9.17) is 10.8 Å². The molecule has 3 rings (SSSR count). The van der Waals surface area contributed by atoms with Crippen molar-refractivity contribution in [3.05, 3.63) is 33.4 Å². The molecule has 0 bridgehead atoms. The fourth-order valence-electron chi connectivity index (χ4n) is 3.00. The van der Waals surface area contributed by atoms with Crippen LogP contribution in [0, 0.1) is 0 Å². The number of benzene rings is 1. The van der Waals surface area contributed by atoms with Crippen molar-refractivity contribution < 1.29 is 14.7 Å². The average molecular weight is 352 g/mol. The summed E-state index contributed by atoms with van der Waals surface area (Å²) in [5, 5.41) is 12.3. The number of hydrogen-bond donors (Lipinski definition) is 4. The molecule has 1 aromatic heterocycles. The molecule has 1 unspecified atom stereocenters. The van der Waals surface area contributed by atoms with E-state index in [1.54, 1.807) is 6.07 Å². The maximum Gasteiger partial charge on any atom is 0.404 e. The number of hydrogen-bond acceptors (Lipinski definition) is 2. The van der Waals surface area contributed by atoms with Crippen molar-refractivity contribution in [3.63, 3.8) is 0 Å². The van der Waals surface area contributed by atoms with Crippen LogP contribution >= 0.6 is 15.9 Å². The second-order valence-electron chi connectivity index (χ2n) is 5.18. The highest BCUT2D eigenvalue weighted by molar-refractivity contribution is 9.10. The first kappa shape index (κ1) is 13.9. The highest BCUT2D eigenvalue weighted by Crippen LogP contribution is 2.35. The summed E-state index contributed by atoms with van der Waals surface area (Å²) in [6, 6.07) is 3.39. The molecule has 6 nitrogen and oxygen atoms in total. The maximum absolute atomic E-state index is 11.5. The Labute approximate surface area is 128 Å². The summed E-state index contributed by atoms with van der Waals surface area (Å²) < 4.78 is 0.907. The molecule has 2 aromatic rings. The maximum atomic E-state index is 11.5. The number of halogens is 1. The van der Waals surface area contributed by atoms with E-state index < -0.39 is 12.0 Å². The zero-order valence-corrected chi connectivity index (χ0v) is 12.7. The number of carbonyl (C=O) groups is 2. The van der Waals surface area contributed by atoms with E-state index in [0.29, 0.717) is 12.0 Å². The highest BCUT2D eigenvalue weighted by Gasteiger charge is 2.25. The van der Waals surface area contributed by atoms with Crippen LogP contribution in [0.15, 0.2) is 16.6 Å². The number of nitrogens with two attached hydrogens (primary N) is 1. The van der Waals surface area contributed by atoms with E-state index in [2.05, 4.69) is 26.2 Å². The molecule has 21 heavy (non-hydrogen) atoms. The van der Waals surface area contributed by atoms with Gasteiger partial charge in [-0.05, 0) is 30.5 Å². The molecule has 1 atom stereocenters. The molecule has 1 aromatic carbocycles. The third kappa shape index (κ3) is 2.37. The molecule has 2 amide bonds. The van der Waals surface area contributed by atoms with Gasteiger partial charge in [-0.3, -0.25) is 4.79 Å². The highest BCUT2D eigenvalue weighted by atomic mass is 79.9. The van der Waals surface area contributed by atoms with Crippen LogP contribution in [0.3, 0.4) is 0 Å². The SMILES string of the molecule is NC(=O)c1ccc(Br)c2c3c([nH]c12)CC(NC(=O)O)CC3. The summed E-state index contributed by atoms with van der Waals surface area (Å²) in [6.45, 7) is 0. The first-order chi connectivity index (χ1) is 9.97. The van der Waals surface area contributed by atoms with Gasteiger partial charge >= 0.3 is 6.09 Å². The molecule has 1 heterocycles. The van der Waals surface area contributed by atoms with E-state index in [-0.39, 0.29) is 6.04 Å². The number of aromatic nitrogens is 1. The minimum Gasteiger partial charge on any atom is -0.465 e. The van der Waals surface area contributed by atoms with Crippen molar-refractivity contribution in [1.29, 1.82) is 0 Å². The molecule has 0 saturated heterocycles. The van der Waals surface area contributed by atoms with Gasteiger partial charge in [0.05, 0.1) is 11.1 Å². The van der Waals surface area contributed by atoms with Gasteiger partial charge in [0.25, 0.3) is 5.91 Å². The van der Waals surface area contributed by atoms with Gasteiger partial charge in [-0.15, -0.1) is 0 Å². The number of aryl methyl sites for hydroxylation is 1. The van der Waals surface area contributed by atoms with Crippen molar-refractivity contribution in [2.24, 2.45) is 5.73 Å². The Hall–Kier alpha value is -2.02. The molecule has 110 valence electrons. The zero-order chi connectivity index (χ0) is 15.1. The largest absolute Gasteiger partial charge is 0.465 e. The van der Waals surface area contributed by atoms with E-state index in [0.717, 1.165) is 39.5 Å². The van der Waals surface area contributed by atoms with Gasteiger partial charge in [-0.2, -0.15) is 0 Å². The molecule has 1 aliphatic carbocycles. The topological polar surface area (TPSA) is 108 Å². The fourth-order valence-corrected chi connectivity index (χ4v) is 3.57. The number of fused-ring (bicyclic) bond motifs is 3. The quantitative estimate of drug-likeness (QED) is 0.665. The third-order valence-electron chi connectivity index (χ3n) is 3.88. The van der Waals surface area contributed by atoms with E-state index >= 15 is 0 Å². The molecule has 0 saturated carbocycles. The summed E-state index contributed by atoms with van der Waals surface area (Å²) in [5.74, 6) is -0.480. The number of carboxylic acid groups (broad SMARTS) is 1. The number of carbonyl (C=O) groups excluding carboxylic acids is 1. The summed E-state index contributed by atoms with van der Waals surface area (Å²) in [7, 11) is 0. The van der Waals surface area contributed by atoms with Crippen LogP contribution in [0.25, 0.3) is 10.9 Å². The van der Waals surface area contributed by atoms with Crippen molar-refractivity contribution >= 4 is 38.8 Å². The molecule has 5 N–H and O–H groups in total. The van der Waals surface area contributed by atoms with E-state index in [9.17, 15) is 9.59 Å². The van der Waals surface area contributed by atoms with Gasteiger partial charge in [-0.25, -0.2) is 4.79 Å². The van der Waals surface area contributed by atoms with Gasteiger partial charge in [0.2, 0.25) is 0 Å². The molecule has 0 radical (unpaired) electrons. The van der Waals surface area contributed by atoms with E-state index in [1.807, 2.05) is 6.07 Å². The predicted octanol–water partition coefficient (Wildman–Crippen LogP) is 2.15. The van der Waals surface area contributed by atoms with Gasteiger partial charge in [-0.1, -0.05) is 15.9 Å². The molecule has 1 aliphatic rings. The summed E-state index contributed by atoms with van der Waals surface area (Å²) >= 11 is 3.51. The number of primary amides is 1. The lowest BCUT2D eigenvalue weighted by atomic mass is 9.91. The number of H-pyrrole nitrogens is 1. The van der Waals surface area contributed by atoms with Crippen LogP contribution < -0.4 is 11.1 Å². The lowest BCUT2D eigenvalue weighted by Gasteiger charge is -2.22. The van der Waals surface area contributed by atoms with Crippen LogP contribution in [-0.4, -0.2) is 28.1 Å². The molecule has 7 heteroatoms. The second-order valence-corrected chi connectivity index (χ2v) is 6.03. The second kappa shape index (κ2) is 5.07. The Morgan fingerprint density at radius 1 is 1.43 bits per heavy atom. The smallest absolute Gasteiger partial charge is 0.404 e. The molecule has 0 spiro atoms. The molecular formula is C14H14BrN3O3. The predicted molar refractivity (Wildman–Crippen MR) is 81.5 cm³/mol. The van der Waals surface area contributed by atoms with Gasteiger partial charge in [0, 0.05) is 28.0 Å². The van der Waals surface area contributed by atoms with Gasteiger partial charge in [0.15, 0.2) is 0 Å². The van der Waals surface area contributed by atoms with Crippen molar-refractivity contribution in [2.75, 3.05) is 0 Å². The number of nitrogens with one attached hydrogen (secondary N) is 2. The van der Waals surface area contributed by atoms with Crippen LogP contribution in [-0.2, 0) is 12.8 Å². The first-order valence-corrected chi connectivity index (χ1v) is 7.38. The standard InChI is InChI=1S/C14H14BrN3O3/c15-9-4-3-8(13(16)19)12-11(9)7-2-1-6(17-14(20)21)5-10(7)18-12/h3-4,6,17-18H,1-2,5H2,(H2,16,19)(H,20,21). The summed E-state index contributed by atoms with van der Waals surface area (Å²) in [6.07, 6.45) is 1.06. The number of aromatic amines is 1. The lowest BCUT2D eigenvalue weighted by Crippen LogP contribution is -2.37.